The summed E-state index contributed by atoms with van der Waals surface area (Å²) in [6, 6.07) is 11.8. The third kappa shape index (κ3) is 6.62. The summed E-state index contributed by atoms with van der Waals surface area (Å²) in [7, 11) is 3.45. The highest BCUT2D eigenvalue weighted by Crippen LogP contribution is 2.22. The molecular formula is C23H33N5O2. The van der Waals surface area contributed by atoms with Crippen molar-refractivity contribution in [1.82, 2.24) is 20.5 Å². The van der Waals surface area contributed by atoms with E-state index in [0.29, 0.717) is 18.5 Å². The van der Waals surface area contributed by atoms with Gasteiger partial charge in [-0.2, -0.15) is 0 Å². The van der Waals surface area contributed by atoms with Crippen LogP contribution in [-0.2, 0) is 6.54 Å². The Kier molecular flexibility index (Phi) is 8.32. The van der Waals surface area contributed by atoms with Gasteiger partial charge < -0.3 is 25.0 Å². The van der Waals surface area contributed by atoms with E-state index in [1.165, 1.54) is 13.0 Å². The van der Waals surface area contributed by atoms with Crippen molar-refractivity contribution in [2.45, 2.75) is 38.8 Å². The Bertz CT molecular complexity index is 784. The maximum Gasteiger partial charge on any atom is 0.219 e. The Hall–Kier alpha value is -2.80. The number of piperidine rings is 1. The van der Waals surface area contributed by atoms with Crippen LogP contribution >= 0.6 is 0 Å². The van der Waals surface area contributed by atoms with E-state index in [-0.39, 0.29) is 0 Å². The topological polar surface area (TPSA) is 71.0 Å². The minimum atomic E-state index is 0.475. The third-order valence-corrected chi connectivity index (χ3v) is 5.23. The van der Waals surface area contributed by atoms with Gasteiger partial charge >= 0.3 is 0 Å². The first-order valence-electron chi connectivity index (χ1n) is 10.7. The van der Waals surface area contributed by atoms with E-state index in [9.17, 15) is 0 Å². The van der Waals surface area contributed by atoms with Gasteiger partial charge in [0.25, 0.3) is 0 Å². The third-order valence-electron chi connectivity index (χ3n) is 5.23. The maximum absolute atomic E-state index is 5.78. The summed E-state index contributed by atoms with van der Waals surface area (Å²) in [5.41, 5.74) is 1.07. The molecule has 1 aliphatic heterocycles. The average molecular weight is 412 g/mol. The number of nitrogens with one attached hydrogen (secondary N) is 2. The number of aliphatic imine (C=N–C) groups is 1. The zero-order chi connectivity index (χ0) is 21.2. The number of pyridine rings is 1. The summed E-state index contributed by atoms with van der Waals surface area (Å²) in [4.78, 5) is 11.3. The van der Waals surface area contributed by atoms with E-state index in [0.717, 1.165) is 49.0 Å². The summed E-state index contributed by atoms with van der Waals surface area (Å²) < 4.78 is 10.9. The van der Waals surface area contributed by atoms with Gasteiger partial charge in [-0.05, 0) is 55.6 Å². The van der Waals surface area contributed by atoms with Gasteiger partial charge in [-0.25, -0.2) is 4.98 Å². The van der Waals surface area contributed by atoms with Gasteiger partial charge in [0.2, 0.25) is 5.88 Å². The van der Waals surface area contributed by atoms with E-state index in [1.807, 2.05) is 49.6 Å². The van der Waals surface area contributed by atoms with Gasteiger partial charge in [0.05, 0.1) is 7.11 Å². The summed E-state index contributed by atoms with van der Waals surface area (Å²) in [5, 5.41) is 6.93. The number of nitrogens with zero attached hydrogens (tertiary/aromatic N) is 3. The van der Waals surface area contributed by atoms with Gasteiger partial charge in [-0.1, -0.05) is 13.0 Å². The molecule has 30 heavy (non-hydrogen) atoms. The lowest BCUT2D eigenvalue weighted by molar-refractivity contribution is 0.206. The van der Waals surface area contributed by atoms with Crippen molar-refractivity contribution < 1.29 is 9.47 Å². The van der Waals surface area contributed by atoms with Crippen LogP contribution in [0, 0.1) is 0 Å². The Morgan fingerprint density at radius 3 is 2.47 bits per heavy atom. The van der Waals surface area contributed by atoms with E-state index >= 15 is 0 Å². The van der Waals surface area contributed by atoms with Crippen LogP contribution in [0.1, 0.15) is 31.7 Å². The molecule has 0 aliphatic carbocycles. The molecule has 0 amide bonds. The van der Waals surface area contributed by atoms with E-state index in [1.54, 1.807) is 7.11 Å². The van der Waals surface area contributed by atoms with E-state index < -0.39 is 0 Å². The van der Waals surface area contributed by atoms with Crippen LogP contribution in [0.15, 0.2) is 47.6 Å². The van der Waals surface area contributed by atoms with Gasteiger partial charge in [0, 0.05) is 45.0 Å². The predicted octanol–water partition coefficient (Wildman–Crippen LogP) is 3.42. The molecule has 0 saturated carbocycles. The molecule has 0 unspecified atom stereocenters. The second-order valence-corrected chi connectivity index (χ2v) is 7.47. The van der Waals surface area contributed by atoms with Gasteiger partial charge in [-0.15, -0.1) is 0 Å². The SMILES string of the molecule is CCCN1CCC(NC(=NC)NCc2ccc(Oc3ccc(OC)cc3)nc2)CC1. The zero-order valence-electron chi connectivity index (χ0n) is 18.2. The molecule has 2 N–H and O–H groups in total. The molecule has 0 spiro atoms. The molecule has 1 fully saturated rings. The molecule has 0 atom stereocenters. The first-order chi connectivity index (χ1) is 14.7. The number of rotatable bonds is 8. The number of benzene rings is 1. The van der Waals surface area contributed by atoms with Crippen molar-refractivity contribution in [1.29, 1.82) is 0 Å². The zero-order valence-corrected chi connectivity index (χ0v) is 18.2. The standard InChI is InChI=1S/C23H33N5O2/c1-4-13-28-14-11-19(12-15-28)27-23(24-2)26-17-18-5-10-22(25-16-18)30-21-8-6-20(29-3)7-9-21/h5-10,16,19H,4,11-15,17H2,1-3H3,(H2,24,26,27). The maximum atomic E-state index is 5.78. The number of hydrogen-bond donors (Lipinski definition) is 2. The van der Waals surface area contributed by atoms with Crippen LogP contribution in [-0.4, -0.2) is 55.7 Å². The summed E-state index contributed by atoms with van der Waals surface area (Å²) in [6.07, 6.45) is 5.35. The number of guanidine groups is 1. The van der Waals surface area contributed by atoms with Gasteiger partial charge in [0.15, 0.2) is 5.96 Å². The molecule has 162 valence electrons. The fourth-order valence-corrected chi connectivity index (χ4v) is 3.53. The molecule has 3 rings (SSSR count). The number of ether oxygens (including phenoxy) is 2. The van der Waals surface area contributed by atoms with Crippen LogP contribution < -0.4 is 20.1 Å². The molecule has 2 heterocycles. The lowest BCUT2D eigenvalue weighted by Crippen LogP contribution is -2.48. The normalized spacial score (nSPS) is 15.6. The lowest BCUT2D eigenvalue weighted by Gasteiger charge is -2.32. The summed E-state index contributed by atoms with van der Waals surface area (Å²) in [6.45, 7) is 6.40. The number of hydrogen-bond acceptors (Lipinski definition) is 5. The number of methoxy groups -OCH3 is 1. The Balaban J connectivity index is 1.44. The molecule has 0 radical (unpaired) electrons. The highest BCUT2D eigenvalue weighted by molar-refractivity contribution is 5.79. The molecular weight excluding hydrogens is 378 g/mol. The van der Waals surface area contributed by atoms with Crippen molar-refractivity contribution in [2.75, 3.05) is 33.8 Å². The predicted molar refractivity (Wildman–Crippen MR) is 120 cm³/mol. The molecule has 1 aromatic carbocycles. The van der Waals surface area contributed by atoms with Gasteiger partial charge in [0.1, 0.15) is 11.5 Å². The van der Waals surface area contributed by atoms with Crippen molar-refractivity contribution in [3.05, 3.63) is 48.2 Å². The van der Waals surface area contributed by atoms with Crippen molar-refractivity contribution in [3.8, 4) is 17.4 Å². The van der Waals surface area contributed by atoms with Crippen LogP contribution in [0.3, 0.4) is 0 Å². The largest absolute Gasteiger partial charge is 0.497 e. The summed E-state index contributed by atoms with van der Waals surface area (Å²) >= 11 is 0. The molecule has 2 aromatic rings. The minimum Gasteiger partial charge on any atom is -0.497 e. The van der Waals surface area contributed by atoms with Crippen molar-refractivity contribution in [3.63, 3.8) is 0 Å². The average Bonchev–Trinajstić information content (AvgIpc) is 2.79. The first-order valence-corrected chi connectivity index (χ1v) is 10.7. The first kappa shape index (κ1) is 21.9. The Labute approximate surface area is 179 Å². The molecule has 7 nitrogen and oxygen atoms in total. The molecule has 1 aliphatic rings. The quantitative estimate of drug-likeness (QED) is 0.512. The van der Waals surface area contributed by atoms with E-state index in [2.05, 4.69) is 32.4 Å². The number of aromatic nitrogens is 1. The molecule has 7 heteroatoms. The highest BCUT2D eigenvalue weighted by Gasteiger charge is 2.19. The van der Waals surface area contributed by atoms with Crippen molar-refractivity contribution >= 4 is 5.96 Å². The highest BCUT2D eigenvalue weighted by atomic mass is 16.5. The number of likely N-dealkylation sites (tertiary alicyclic amines) is 1. The second kappa shape index (κ2) is 11.4. The minimum absolute atomic E-state index is 0.475. The smallest absolute Gasteiger partial charge is 0.219 e. The molecule has 1 saturated heterocycles. The van der Waals surface area contributed by atoms with Crippen LogP contribution in [0.2, 0.25) is 0 Å². The Morgan fingerprint density at radius 2 is 1.87 bits per heavy atom. The molecule has 0 bridgehead atoms. The van der Waals surface area contributed by atoms with E-state index in [4.69, 9.17) is 9.47 Å². The lowest BCUT2D eigenvalue weighted by atomic mass is 10.1. The summed E-state index contributed by atoms with van der Waals surface area (Å²) in [5.74, 6) is 2.92. The van der Waals surface area contributed by atoms with Gasteiger partial charge in [-0.3, -0.25) is 4.99 Å². The fourth-order valence-electron chi connectivity index (χ4n) is 3.53. The van der Waals surface area contributed by atoms with Crippen LogP contribution in [0.25, 0.3) is 0 Å². The van der Waals surface area contributed by atoms with Crippen molar-refractivity contribution in [2.24, 2.45) is 4.99 Å². The fraction of sp³-hybridized carbons (Fsp3) is 0.478. The molecule has 1 aromatic heterocycles. The monoisotopic (exact) mass is 411 g/mol. The second-order valence-electron chi connectivity index (χ2n) is 7.47. The Morgan fingerprint density at radius 1 is 1.13 bits per heavy atom. The van der Waals surface area contributed by atoms with Crippen LogP contribution in [0.4, 0.5) is 0 Å². The van der Waals surface area contributed by atoms with Crippen LogP contribution in [0.5, 0.6) is 17.4 Å².